The van der Waals surface area contributed by atoms with Crippen LogP contribution in [-0.2, 0) is 11.3 Å². The standard InChI is InChI=1S/C19H22BrNO3/c1-14(11-12-23-2)21-19(22)16-8-4-6-10-18(16)24-13-15-7-3-5-9-17(15)20/h3-10,14H,11-13H2,1-2H3,(H,21,22). The van der Waals surface area contributed by atoms with Gasteiger partial charge in [0.25, 0.3) is 5.91 Å². The Labute approximate surface area is 151 Å². The van der Waals surface area contributed by atoms with Gasteiger partial charge in [0.2, 0.25) is 0 Å². The number of amides is 1. The summed E-state index contributed by atoms with van der Waals surface area (Å²) in [6.07, 6.45) is 0.766. The average Bonchev–Trinajstić information content (AvgIpc) is 2.59. The molecule has 2 aromatic rings. The van der Waals surface area contributed by atoms with Crippen LogP contribution in [-0.4, -0.2) is 25.7 Å². The van der Waals surface area contributed by atoms with Crippen LogP contribution in [0, 0.1) is 0 Å². The normalized spacial score (nSPS) is 11.8. The molecule has 1 amide bonds. The molecule has 2 aromatic carbocycles. The van der Waals surface area contributed by atoms with Crippen molar-refractivity contribution in [3.8, 4) is 5.75 Å². The van der Waals surface area contributed by atoms with Gasteiger partial charge < -0.3 is 14.8 Å². The van der Waals surface area contributed by atoms with Crippen LogP contribution in [0.2, 0.25) is 0 Å². The summed E-state index contributed by atoms with van der Waals surface area (Å²) in [6.45, 7) is 2.97. The first-order valence-corrected chi connectivity index (χ1v) is 8.66. The summed E-state index contributed by atoms with van der Waals surface area (Å²) in [4.78, 5) is 12.5. The van der Waals surface area contributed by atoms with E-state index >= 15 is 0 Å². The lowest BCUT2D eigenvalue weighted by atomic mass is 10.1. The van der Waals surface area contributed by atoms with Gasteiger partial charge in [-0.3, -0.25) is 4.79 Å². The quantitative estimate of drug-likeness (QED) is 0.733. The average molecular weight is 392 g/mol. The molecule has 24 heavy (non-hydrogen) atoms. The van der Waals surface area contributed by atoms with Crippen molar-refractivity contribution < 1.29 is 14.3 Å². The second kappa shape index (κ2) is 9.45. The SMILES string of the molecule is COCCC(C)NC(=O)c1ccccc1OCc1ccccc1Br. The third kappa shape index (κ3) is 5.35. The lowest BCUT2D eigenvalue weighted by Crippen LogP contribution is -2.33. The van der Waals surface area contributed by atoms with Crippen LogP contribution >= 0.6 is 15.9 Å². The molecule has 4 nitrogen and oxygen atoms in total. The number of hydrogen-bond donors (Lipinski definition) is 1. The fourth-order valence-electron chi connectivity index (χ4n) is 2.22. The highest BCUT2D eigenvalue weighted by Crippen LogP contribution is 2.22. The first-order valence-electron chi connectivity index (χ1n) is 7.87. The summed E-state index contributed by atoms with van der Waals surface area (Å²) in [5, 5.41) is 2.97. The maximum atomic E-state index is 12.5. The molecule has 0 spiro atoms. The fraction of sp³-hybridized carbons (Fsp3) is 0.316. The number of benzene rings is 2. The van der Waals surface area contributed by atoms with E-state index in [0.717, 1.165) is 16.5 Å². The monoisotopic (exact) mass is 391 g/mol. The maximum Gasteiger partial charge on any atom is 0.255 e. The van der Waals surface area contributed by atoms with Crippen molar-refractivity contribution in [2.45, 2.75) is 26.0 Å². The van der Waals surface area contributed by atoms with Crippen LogP contribution in [0.1, 0.15) is 29.3 Å². The van der Waals surface area contributed by atoms with Gasteiger partial charge >= 0.3 is 0 Å². The molecule has 0 aliphatic carbocycles. The van der Waals surface area contributed by atoms with Gasteiger partial charge in [-0.2, -0.15) is 0 Å². The number of carbonyl (C=O) groups excluding carboxylic acids is 1. The van der Waals surface area contributed by atoms with Crippen LogP contribution in [0.3, 0.4) is 0 Å². The summed E-state index contributed by atoms with van der Waals surface area (Å²) < 4.78 is 11.9. The van der Waals surface area contributed by atoms with Crippen molar-refractivity contribution in [3.05, 3.63) is 64.1 Å². The van der Waals surface area contributed by atoms with Crippen molar-refractivity contribution in [2.75, 3.05) is 13.7 Å². The number of ether oxygens (including phenoxy) is 2. The lowest BCUT2D eigenvalue weighted by molar-refractivity contribution is 0.0925. The molecule has 0 bridgehead atoms. The molecule has 0 aromatic heterocycles. The summed E-state index contributed by atoms with van der Waals surface area (Å²) in [7, 11) is 1.65. The molecule has 0 radical (unpaired) electrons. The third-order valence-corrected chi connectivity index (χ3v) is 4.38. The number of halogens is 1. The van der Waals surface area contributed by atoms with E-state index in [-0.39, 0.29) is 11.9 Å². The fourth-order valence-corrected chi connectivity index (χ4v) is 2.62. The molecule has 0 saturated heterocycles. The summed E-state index contributed by atoms with van der Waals surface area (Å²) in [6, 6.07) is 15.2. The molecule has 1 atom stereocenters. The smallest absolute Gasteiger partial charge is 0.255 e. The molecule has 5 heteroatoms. The van der Waals surface area contributed by atoms with E-state index in [1.54, 1.807) is 13.2 Å². The number of nitrogens with one attached hydrogen (secondary N) is 1. The summed E-state index contributed by atoms with van der Waals surface area (Å²) in [5.74, 6) is 0.436. The highest BCUT2D eigenvalue weighted by Gasteiger charge is 2.14. The van der Waals surface area contributed by atoms with E-state index in [0.29, 0.717) is 24.5 Å². The molecule has 0 aliphatic heterocycles. The zero-order valence-electron chi connectivity index (χ0n) is 13.9. The molecule has 128 valence electrons. The highest BCUT2D eigenvalue weighted by molar-refractivity contribution is 9.10. The molecular formula is C19H22BrNO3. The lowest BCUT2D eigenvalue weighted by Gasteiger charge is -2.16. The molecule has 2 rings (SSSR count). The highest BCUT2D eigenvalue weighted by atomic mass is 79.9. The van der Waals surface area contributed by atoms with Crippen LogP contribution in [0.25, 0.3) is 0 Å². The van der Waals surface area contributed by atoms with E-state index in [2.05, 4.69) is 21.2 Å². The van der Waals surface area contributed by atoms with Crippen LogP contribution in [0.15, 0.2) is 53.0 Å². The van der Waals surface area contributed by atoms with Gasteiger partial charge in [-0.25, -0.2) is 0 Å². The predicted molar refractivity (Wildman–Crippen MR) is 98.3 cm³/mol. The van der Waals surface area contributed by atoms with Crippen LogP contribution in [0.4, 0.5) is 0 Å². The maximum absolute atomic E-state index is 12.5. The zero-order chi connectivity index (χ0) is 17.4. The van der Waals surface area contributed by atoms with Gasteiger partial charge in [0.1, 0.15) is 12.4 Å². The summed E-state index contributed by atoms with van der Waals surface area (Å²) in [5.41, 5.74) is 1.56. The largest absolute Gasteiger partial charge is 0.488 e. The number of carbonyl (C=O) groups is 1. The Bertz CT molecular complexity index is 675. The van der Waals surface area contributed by atoms with Crippen molar-refractivity contribution in [1.29, 1.82) is 0 Å². The minimum absolute atomic E-state index is 0.0359. The molecule has 1 unspecified atom stereocenters. The van der Waals surface area contributed by atoms with E-state index in [1.165, 1.54) is 0 Å². The van der Waals surface area contributed by atoms with Gasteiger partial charge in [-0.05, 0) is 31.5 Å². The topological polar surface area (TPSA) is 47.6 Å². The molecule has 0 heterocycles. The first-order chi connectivity index (χ1) is 11.6. The van der Waals surface area contributed by atoms with Crippen LogP contribution < -0.4 is 10.1 Å². The molecular weight excluding hydrogens is 370 g/mol. The molecule has 0 aliphatic rings. The van der Waals surface area contributed by atoms with E-state index < -0.39 is 0 Å². The number of methoxy groups -OCH3 is 1. The van der Waals surface area contributed by atoms with E-state index in [9.17, 15) is 4.79 Å². The van der Waals surface area contributed by atoms with Gasteiger partial charge in [-0.15, -0.1) is 0 Å². The molecule has 1 N–H and O–H groups in total. The predicted octanol–water partition coefficient (Wildman–Crippen LogP) is 4.18. The second-order valence-electron chi connectivity index (χ2n) is 5.53. The number of rotatable bonds is 8. The Hall–Kier alpha value is -1.85. The van der Waals surface area contributed by atoms with Crippen molar-refractivity contribution in [3.63, 3.8) is 0 Å². The Morgan fingerprint density at radius 3 is 2.62 bits per heavy atom. The molecule has 0 fully saturated rings. The third-order valence-electron chi connectivity index (χ3n) is 3.61. The van der Waals surface area contributed by atoms with E-state index in [1.807, 2.05) is 49.4 Å². The van der Waals surface area contributed by atoms with Crippen molar-refractivity contribution in [1.82, 2.24) is 5.32 Å². The second-order valence-corrected chi connectivity index (χ2v) is 6.39. The van der Waals surface area contributed by atoms with Gasteiger partial charge in [0, 0.05) is 29.8 Å². The number of para-hydroxylation sites is 1. The Morgan fingerprint density at radius 2 is 1.88 bits per heavy atom. The molecule has 0 saturated carbocycles. The van der Waals surface area contributed by atoms with Crippen molar-refractivity contribution >= 4 is 21.8 Å². The first kappa shape index (κ1) is 18.5. The van der Waals surface area contributed by atoms with Gasteiger partial charge in [0.05, 0.1) is 5.56 Å². The zero-order valence-corrected chi connectivity index (χ0v) is 15.5. The van der Waals surface area contributed by atoms with Crippen molar-refractivity contribution in [2.24, 2.45) is 0 Å². The van der Waals surface area contributed by atoms with Crippen LogP contribution in [0.5, 0.6) is 5.75 Å². The summed E-state index contributed by atoms with van der Waals surface area (Å²) >= 11 is 3.50. The Morgan fingerprint density at radius 1 is 1.17 bits per heavy atom. The van der Waals surface area contributed by atoms with Gasteiger partial charge in [0.15, 0.2) is 0 Å². The minimum atomic E-state index is -0.138. The number of hydrogen-bond acceptors (Lipinski definition) is 3. The van der Waals surface area contributed by atoms with Gasteiger partial charge in [-0.1, -0.05) is 46.3 Å². The Balaban J connectivity index is 2.04. The Kier molecular flexibility index (Phi) is 7.28. The van der Waals surface area contributed by atoms with E-state index in [4.69, 9.17) is 9.47 Å². The minimum Gasteiger partial charge on any atom is -0.488 e.